The molecule has 1 aromatic rings. The molecule has 7 heteroatoms. The predicted molar refractivity (Wildman–Crippen MR) is 71.1 cm³/mol. The van der Waals surface area contributed by atoms with E-state index in [4.69, 9.17) is 4.74 Å². The summed E-state index contributed by atoms with van der Waals surface area (Å²) in [6.07, 6.45) is 2.66. The maximum Gasteiger partial charge on any atom is 0.410 e. The van der Waals surface area contributed by atoms with E-state index >= 15 is 0 Å². The summed E-state index contributed by atoms with van der Waals surface area (Å²) in [6, 6.07) is 1.56. The van der Waals surface area contributed by atoms with Gasteiger partial charge in [0.25, 0.3) is 5.91 Å². The van der Waals surface area contributed by atoms with Crippen molar-refractivity contribution in [2.45, 2.75) is 32.4 Å². The van der Waals surface area contributed by atoms with Crippen LogP contribution in [0, 0.1) is 0 Å². The molecule has 1 aliphatic rings. The highest BCUT2D eigenvalue weighted by atomic mass is 16.6. The van der Waals surface area contributed by atoms with Crippen molar-refractivity contribution in [1.29, 1.82) is 0 Å². The van der Waals surface area contributed by atoms with Crippen LogP contribution in [0.25, 0.3) is 0 Å². The first kappa shape index (κ1) is 14.2. The Labute approximate surface area is 117 Å². The van der Waals surface area contributed by atoms with Crippen molar-refractivity contribution in [3.8, 4) is 0 Å². The summed E-state index contributed by atoms with van der Waals surface area (Å²) in [6.45, 7) is 6.32. The van der Waals surface area contributed by atoms with Gasteiger partial charge in [-0.25, -0.2) is 14.8 Å². The third-order valence-corrected chi connectivity index (χ3v) is 2.64. The molecule has 7 nitrogen and oxygen atoms in total. The molecule has 0 spiro atoms. The Morgan fingerprint density at radius 1 is 1.30 bits per heavy atom. The number of amides is 2. The normalized spacial score (nSPS) is 15.4. The Bertz CT molecular complexity index is 492. The molecule has 1 N–H and O–H groups in total. The van der Waals surface area contributed by atoms with E-state index in [0.717, 1.165) is 0 Å². The van der Waals surface area contributed by atoms with Crippen LogP contribution in [-0.2, 0) is 4.74 Å². The number of carbonyl (C=O) groups excluding carboxylic acids is 2. The summed E-state index contributed by atoms with van der Waals surface area (Å²) in [5.74, 6) is -0.206. The minimum atomic E-state index is -0.511. The minimum absolute atomic E-state index is 0.0844. The van der Waals surface area contributed by atoms with E-state index < -0.39 is 5.60 Å². The van der Waals surface area contributed by atoms with Gasteiger partial charge in [-0.15, -0.1) is 0 Å². The van der Waals surface area contributed by atoms with Gasteiger partial charge in [0.2, 0.25) is 5.82 Å². The van der Waals surface area contributed by atoms with Crippen molar-refractivity contribution in [2.75, 3.05) is 13.1 Å². The molecular weight excluding hydrogens is 260 g/mol. The van der Waals surface area contributed by atoms with Gasteiger partial charge in [0.15, 0.2) is 0 Å². The molecule has 0 aliphatic carbocycles. The van der Waals surface area contributed by atoms with Crippen molar-refractivity contribution in [2.24, 2.45) is 0 Å². The first-order valence-electron chi connectivity index (χ1n) is 6.41. The third-order valence-electron chi connectivity index (χ3n) is 2.64. The summed E-state index contributed by atoms with van der Waals surface area (Å²) in [7, 11) is 0. The molecule has 20 heavy (non-hydrogen) atoms. The second kappa shape index (κ2) is 5.44. The van der Waals surface area contributed by atoms with Crippen molar-refractivity contribution < 1.29 is 14.3 Å². The van der Waals surface area contributed by atoms with Gasteiger partial charge in [-0.1, -0.05) is 0 Å². The number of hydrogen-bond acceptors (Lipinski definition) is 5. The average Bonchev–Trinajstić information content (AvgIpc) is 2.31. The van der Waals surface area contributed by atoms with Crippen molar-refractivity contribution in [1.82, 2.24) is 20.2 Å². The standard InChI is InChI=1S/C13H18N4O3/c1-13(2,3)20-12(19)17-7-9(8-17)16-11(18)10-14-5-4-6-15-10/h4-6,9H,7-8H2,1-3H3,(H,16,18). The minimum Gasteiger partial charge on any atom is -0.444 e. The number of ether oxygens (including phenoxy) is 1. The summed E-state index contributed by atoms with van der Waals surface area (Å²) in [4.78, 5) is 32.8. The van der Waals surface area contributed by atoms with Gasteiger partial charge in [-0.2, -0.15) is 0 Å². The number of likely N-dealkylation sites (tertiary alicyclic amines) is 1. The summed E-state index contributed by atoms with van der Waals surface area (Å²) in [5.41, 5.74) is -0.511. The quantitative estimate of drug-likeness (QED) is 0.866. The van der Waals surface area contributed by atoms with E-state index in [2.05, 4.69) is 15.3 Å². The Morgan fingerprint density at radius 2 is 1.90 bits per heavy atom. The van der Waals surface area contributed by atoms with Crippen LogP contribution in [0.3, 0.4) is 0 Å². The lowest BCUT2D eigenvalue weighted by atomic mass is 10.1. The fourth-order valence-corrected chi connectivity index (χ4v) is 1.71. The van der Waals surface area contributed by atoms with E-state index in [1.165, 1.54) is 12.4 Å². The van der Waals surface area contributed by atoms with Crippen LogP contribution >= 0.6 is 0 Å². The Kier molecular flexibility index (Phi) is 3.87. The van der Waals surface area contributed by atoms with Crippen LogP contribution in [0.1, 0.15) is 31.4 Å². The number of aromatic nitrogens is 2. The van der Waals surface area contributed by atoms with E-state index in [1.807, 2.05) is 20.8 Å². The van der Waals surface area contributed by atoms with Crippen LogP contribution in [-0.4, -0.2) is 51.6 Å². The second-order valence-electron chi connectivity index (χ2n) is 5.63. The molecule has 0 aromatic carbocycles. The van der Waals surface area contributed by atoms with Gasteiger partial charge < -0.3 is 15.0 Å². The van der Waals surface area contributed by atoms with Crippen molar-refractivity contribution in [3.63, 3.8) is 0 Å². The fraction of sp³-hybridized carbons (Fsp3) is 0.538. The third kappa shape index (κ3) is 3.66. The number of hydrogen-bond donors (Lipinski definition) is 1. The Balaban J connectivity index is 1.77. The van der Waals surface area contributed by atoms with Gasteiger partial charge in [-0.05, 0) is 26.8 Å². The highest BCUT2D eigenvalue weighted by Crippen LogP contribution is 2.15. The SMILES string of the molecule is CC(C)(C)OC(=O)N1CC(NC(=O)c2ncccn2)C1. The van der Waals surface area contributed by atoms with Gasteiger partial charge in [0, 0.05) is 25.5 Å². The van der Waals surface area contributed by atoms with Crippen LogP contribution < -0.4 is 5.32 Å². The molecule has 0 radical (unpaired) electrons. The number of nitrogens with zero attached hydrogens (tertiary/aromatic N) is 3. The Hall–Kier alpha value is -2.18. The maximum absolute atomic E-state index is 11.8. The summed E-state index contributed by atoms with van der Waals surface area (Å²) in [5, 5.41) is 2.77. The van der Waals surface area contributed by atoms with Crippen LogP contribution in [0.5, 0.6) is 0 Å². The lowest BCUT2D eigenvalue weighted by Crippen LogP contribution is -2.61. The predicted octanol–water partition coefficient (Wildman–Crippen LogP) is 0.826. The molecule has 1 aliphatic heterocycles. The zero-order chi connectivity index (χ0) is 14.8. The highest BCUT2D eigenvalue weighted by Gasteiger charge is 2.34. The largest absolute Gasteiger partial charge is 0.444 e. The van der Waals surface area contributed by atoms with Gasteiger partial charge >= 0.3 is 6.09 Å². The molecule has 108 valence electrons. The van der Waals surface area contributed by atoms with Crippen molar-refractivity contribution >= 4 is 12.0 Å². The highest BCUT2D eigenvalue weighted by molar-refractivity contribution is 5.90. The molecule has 1 aromatic heterocycles. The van der Waals surface area contributed by atoms with E-state index in [0.29, 0.717) is 13.1 Å². The number of carbonyl (C=O) groups is 2. The summed E-state index contributed by atoms with van der Waals surface area (Å²) >= 11 is 0. The molecular formula is C13H18N4O3. The summed E-state index contributed by atoms with van der Waals surface area (Å²) < 4.78 is 5.23. The molecule has 2 rings (SSSR count). The lowest BCUT2D eigenvalue weighted by Gasteiger charge is -2.39. The molecule has 1 fully saturated rings. The van der Waals surface area contributed by atoms with Crippen LogP contribution in [0.4, 0.5) is 4.79 Å². The topological polar surface area (TPSA) is 84.4 Å². The molecule has 0 unspecified atom stereocenters. The Morgan fingerprint density at radius 3 is 2.45 bits per heavy atom. The first-order chi connectivity index (χ1) is 9.35. The fourth-order valence-electron chi connectivity index (χ4n) is 1.71. The van der Waals surface area contributed by atoms with Gasteiger partial charge in [0.05, 0.1) is 6.04 Å². The van der Waals surface area contributed by atoms with Gasteiger partial charge in [-0.3, -0.25) is 4.79 Å². The first-order valence-corrected chi connectivity index (χ1v) is 6.41. The van der Waals surface area contributed by atoms with Crippen LogP contribution in [0.15, 0.2) is 18.5 Å². The lowest BCUT2D eigenvalue weighted by molar-refractivity contribution is 0.00528. The number of nitrogens with one attached hydrogen (secondary N) is 1. The zero-order valence-electron chi connectivity index (χ0n) is 11.8. The van der Waals surface area contributed by atoms with Gasteiger partial charge in [0.1, 0.15) is 5.60 Å². The zero-order valence-corrected chi connectivity index (χ0v) is 11.8. The second-order valence-corrected chi connectivity index (χ2v) is 5.63. The molecule has 2 heterocycles. The number of rotatable bonds is 2. The smallest absolute Gasteiger partial charge is 0.410 e. The maximum atomic E-state index is 11.8. The average molecular weight is 278 g/mol. The van der Waals surface area contributed by atoms with Crippen LogP contribution in [0.2, 0.25) is 0 Å². The van der Waals surface area contributed by atoms with Crippen molar-refractivity contribution in [3.05, 3.63) is 24.3 Å². The van der Waals surface area contributed by atoms with E-state index in [9.17, 15) is 9.59 Å². The molecule has 2 amide bonds. The monoisotopic (exact) mass is 278 g/mol. The molecule has 0 bridgehead atoms. The van der Waals surface area contributed by atoms with E-state index in [-0.39, 0.29) is 23.9 Å². The van der Waals surface area contributed by atoms with E-state index in [1.54, 1.807) is 11.0 Å². The molecule has 1 saturated heterocycles. The molecule has 0 saturated carbocycles. The molecule has 0 atom stereocenters.